The summed E-state index contributed by atoms with van der Waals surface area (Å²) in [5.74, 6) is 1.77. The van der Waals surface area contributed by atoms with Crippen LogP contribution in [0.2, 0.25) is 0 Å². The maximum absolute atomic E-state index is 4.42. The Morgan fingerprint density at radius 3 is 2.71 bits per heavy atom. The molecule has 1 saturated carbocycles. The maximum atomic E-state index is 4.42. The number of aromatic nitrogens is 2. The van der Waals surface area contributed by atoms with Crippen molar-refractivity contribution in [2.45, 2.75) is 32.7 Å². The number of nitrogens with one attached hydrogen (secondary N) is 1. The van der Waals surface area contributed by atoms with Gasteiger partial charge in [-0.25, -0.2) is 4.98 Å². The van der Waals surface area contributed by atoms with Crippen molar-refractivity contribution in [2.24, 2.45) is 5.92 Å². The van der Waals surface area contributed by atoms with Gasteiger partial charge in [-0.05, 0) is 32.7 Å². The summed E-state index contributed by atoms with van der Waals surface area (Å²) >= 11 is 0. The molecule has 0 amide bonds. The minimum absolute atomic E-state index is 0.859. The number of hydrogen-bond donors (Lipinski definition) is 1. The third-order valence-electron chi connectivity index (χ3n) is 3.29. The summed E-state index contributed by atoms with van der Waals surface area (Å²) in [6, 6.07) is 0. The van der Waals surface area contributed by atoms with Crippen molar-refractivity contribution in [3.05, 3.63) is 18.1 Å². The van der Waals surface area contributed by atoms with Gasteiger partial charge in [0.15, 0.2) is 0 Å². The van der Waals surface area contributed by atoms with E-state index in [1.807, 2.05) is 12.4 Å². The Morgan fingerprint density at radius 2 is 2.18 bits per heavy atom. The lowest BCUT2D eigenvalue weighted by Gasteiger charge is -2.29. The molecule has 1 aromatic rings. The first-order chi connectivity index (χ1) is 8.28. The van der Waals surface area contributed by atoms with E-state index in [4.69, 9.17) is 0 Å². The summed E-state index contributed by atoms with van der Waals surface area (Å²) in [6.07, 6.45) is 7.89. The minimum atomic E-state index is 0.859. The standard InChI is InChI=1S/C13H22N4/c1-3-14-13-8-15-12(7-16-13)10-17(2)9-11-5-4-6-11/h7-8,11H,3-6,9-10H2,1-2H3,(H,14,16). The SMILES string of the molecule is CCNc1cnc(CN(C)CC2CCC2)cn1. The molecule has 0 atom stereocenters. The molecule has 0 spiro atoms. The number of anilines is 1. The summed E-state index contributed by atoms with van der Waals surface area (Å²) in [7, 11) is 2.16. The van der Waals surface area contributed by atoms with E-state index in [2.05, 4.69) is 34.2 Å². The first-order valence-electron chi connectivity index (χ1n) is 6.51. The largest absolute Gasteiger partial charge is 0.369 e. The van der Waals surface area contributed by atoms with Gasteiger partial charge in [0.1, 0.15) is 5.82 Å². The van der Waals surface area contributed by atoms with Crippen LogP contribution in [0.15, 0.2) is 12.4 Å². The normalized spacial score (nSPS) is 15.9. The van der Waals surface area contributed by atoms with Gasteiger partial charge in [0.2, 0.25) is 0 Å². The predicted molar refractivity (Wildman–Crippen MR) is 69.9 cm³/mol. The summed E-state index contributed by atoms with van der Waals surface area (Å²) in [5.41, 5.74) is 1.05. The Balaban J connectivity index is 1.80. The molecule has 0 unspecified atom stereocenters. The average molecular weight is 234 g/mol. The van der Waals surface area contributed by atoms with Crippen LogP contribution in [-0.2, 0) is 6.54 Å². The molecule has 1 N–H and O–H groups in total. The quantitative estimate of drug-likeness (QED) is 0.818. The highest BCUT2D eigenvalue weighted by molar-refractivity contribution is 5.30. The van der Waals surface area contributed by atoms with Gasteiger partial charge in [0.25, 0.3) is 0 Å². The van der Waals surface area contributed by atoms with Crippen molar-refractivity contribution in [1.29, 1.82) is 0 Å². The molecular weight excluding hydrogens is 212 g/mol. The van der Waals surface area contributed by atoms with Crippen LogP contribution in [0.3, 0.4) is 0 Å². The van der Waals surface area contributed by atoms with E-state index in [1.54, 1.807) is 0 Å². The van der Waals surface area contributed by atoms with Crippen molar-refractivity contribution in [2.75, 3.05) is 25.5 Å². The van der Waals surface area contributed by atoms with Crippen LogP contribution in [0, 0.1) is 5.92 Å². The molecular formula is C13H22N4. The molecule has 17 heavy (non-hydrogen) atoms. The fraction of sp³-hybridized carbons (Fsp3) is 0.692. The monoisotopic (exact) mass is 234 g/mol. The van der Waals surface area contributed by atoms with Crippen LogP contribution in [0.4, 0.5) is 5.82 Å². The number of hydrogen-bond acceptors (Lipinski definition) is 4. The summed E-state index contributed by atoms with van der Waals surface area (Å²) in [4.78, 5) is 11.1. The second-order valence-electron chi connectivity index (χ2n) is 4.92. The molecule has 0 aliphatic heterocycles. The summed E-state index contributed by atoms with van der Waals surface area (Å²) in [6.45, 7) is 5.03. The Hall–Kier alpha value is -1.16. The van der Waals surface area contributed by atoms with Crippen LogP contribution in [0.25, 0.3) is 0 Å². The highest BCUT2D eigenvalue weighted by Gasteiger charge is 2.19. The van der Waals surface area contributed by atoms with Crippen LogP contribution in [0.5, 0.6) is 0 Å². The highest BCUT2D eigenvalue weighted by Crippen LogP contribution is 2.26. The fourth-order valence-corrected chi connectivity index (χ4v) is 2.17. The first kappa shape index (κ1) is 12.3. The molecule has 1 aliphatic carbocycles. The molecule has 0 saturated heterocycles. The molecule has 94 valence electrons. The van der Waals surface area contributed by atoms with E-state index in [-0.39, 0.29) is 0 Å². The molecule has 0 aromatic carbocycles. The lowest BCUT2D eigenvalue weighted by Crippen LogP contribution is -2.29. The molecule has 1 aromatic heterocycles. The van der Waals surface area contributed by atoms with E-state index in [0.717, 1.165) is 30.5 Å². The summed E-state index contributed by atoms with van der Waals surface area (Å²) in [5, 5.41) is 3.15. The zero-order chi connectivity index (χ0) is 12.1. The summed E-state index contributed by atoms with van der Waals surface area (Å²) < 4.78 is 0. The molecule has 4 nitrogen and oxygen atoms in total. The molecule has 4 heteroatoms. The maximum Gasteiger partial charge on any atom is 0.144 e. The second kappa shape index (κ2) is 5.96. The van der Waals surface area contributed by atoms with E-state index >= 15 is 0 Å². The van der Waals surface area contributed by atoms with Gasteiger partial charge in [-0.1, -0.05) is 6.42 Å². The minimum Gasteiger partial charge on any atom is -0.369 e. The van der Waals surface area contributed by atoms with Gasteiger partial charge < -0.3 is 10.2 Å². The van der Waals surface area contributed by atoms with Gasteiger partial charge >= 0.3 is 0 Å². The van der Waals surface area contributed by atoms with Gasteiger partial charge in [0.05, 0.1) is 18.1 Å². The van der Waals surface area contributed by atoms with Crippen molar-refractivity contribution in [3.63, 3.8) is 0 Å². The van der Waals surface area contributed by atoms with Gasteiger partial charge in [0, 0.05) is 19.6 Å². The first-order valence-corrected chi connectivity index (χ1v) is 6.51. The van der Waals surface area contributed by atoms with E-state index < -0.39 is 0 Å². The third-order valence-corrected chi connectivity index (χ3v) is 3.29. The fourth-order valence-electron chi connectivity index (χ4n) is 2.17. The predicted octanol–water partition coefficient (Wildman–Crippen LogP) is 2.14. The number of nitrogens with zero attached hydrogens (tertiary/aromatic N) is 3. The van der Waals surface area contributed by atoms with Crippen molar-refractivity contribution in [1.82, 2.24) is 14.9 Å². The highest BCUT2D eigenvalue weighted by atomic mass is 15.1. The number of rotatable bonds is 6. The molecule has 0 bridgehead atoms. The van der Waals surface area contributed by atoms with Crippen LogP contribution in [-0.4, -0.2) is 35.0 Å². The zero-order valence-corrected chi connectivity index (χ0v) is 10.8. The van der Waals surface area contributed by atoms with Gasteiger partial charge in [-0.3, -0.25) is 4.98 Å². The second-order valence-corrected chi connectivity index (χ2v) is 4.92. The molecule has 0 radical (unpaired) electrons. The zero-order valence-electron chi connectivity index (χ0n) is 10.8. The Morgan fingerprint density at radius 1 is 1.35 bits per heavy atom. The van der Waals surface area contributed by atoms with E-state index in [0.29, 0.717) is 0 Å². The van der Waals surface area contributed by atoms with Gasteiger partial charge in [-0.2, -0.15) is 0 Å². The Labute approximate surface area is 103 Å². The van der Waals surface area contributed by atoms with Crippen LogP contribution >= 0.6 is 0 Å². The molecule has 1 aliphatic rings. The molecule has 2 rings (SSSR count). The van der Waals surface area contributed by atoms with Gasteiger partial charge in [-0.15, -0.1) is 0 Å². The Bertz CT molecular complexity index is 332. The smallest absolute Gasteiger partial charge is 0.144 e. The lowest BCUT2D eigenvalue weighted by molar-refractivity contribution is 0.199. The Kier molecular flexibility index (Phi) is 4.31. The third kappa shape index (κ3) is 3.66. The molecule has 1 fully saturated rings. The van der Waals surface area contributed by atoms with Crippen molar-refractivity contribution >= 4 is 5.82 Å². The lowest BCUT2D eigenvalue weighted by atomic mass is 9.85. The topological polar surface area (TPSA) is 41.1 Å². The van der Waals surface area contributed by atoms with Crippen molar-refractivity contribution in [3.8, 4) is 0 Å². The average Bonchev–Trinajstić information content (AvgIpc) is 2.27. The van der Waals surface area contributed by atoms with Crippen LogP contribution in [0.1, 0.15) is 31.9 Å². The molecule has 1 heterocycles. The van der Waals surface area contributed by atoms with E-state index in [1.165, 1.54) is 25.8 Å². The van der Waals surface area contributed by atoms with Crippen LogP contribution < -0.4 is 5.32 Å². The van der Waals surface area contributed by atoms with Crippen molar-refractivity contribution < 1.29 is 0 Å². The van der Waals surface area contributed by atoms with E-state index in [9.17, 15) is 0 Å².